The minimum absolute atomic E-state index is 0.0688. The van der Waals surface area contributed by atoms with Crippen LogP contribution < -0.4 is 21.9 Å². The predicted octanol–water partition coefficient (Wildman–Crippen LogP) is 2.05. The number of nitrogens with two attached hydrogens (primary N) is 1. The SMILES string of the molecule is C=C(OCCNC(=O)Nc1nc(C)cc(=O)[nH]1)C(C)(C)CC(C)(CC)C(N)=O. The van der Waals surface area contributed by atoms with Crippen molar-refractivity contribution in [3.63, 3.8) is 0 Å². The largest absolute Gasteiger partial charge is 0.496 e. The summed E-state index contributed by atoms with van der Waals surface area (Å²) in [6, 6.07) is 0.806. The lowest BCUT2D eigenvalue weighted by atomic mass is 9.71. The first-order valence-corrected chi connectivity index (χ1v) is 9.14. The summed E-state index contributed by atoms with van der Waals surface area (Å²) in [5.74, 6) is 0.233. The molecule has 28 heavy (non-hydrogen) atoms. The number of aryl methyl sites for hydroxylation is 1. The number of H-pyrrole nitrogens is 1. The van der Waals surface area contributed by atoms with Crippen LogP contribution in [0.3, 0.4) is 0 Å². The van der Waals surface area contributed by atoms with Crippen molar-refractivity contribution < 1.29 is 14.3 Å². The van der Waals surface area contributed by atoms with Crippen LogP contribution in [0.2, 0.25) is 0 Å². The molecule has 9 heteroatoms. The minimum Gasteiger partial charge on any atom is -0.496 e. The van der Waals surface area contributed by atoms with E-state index in [4.69, 9.17) is 10.5 Å². The summed E-state index contributed by atoms with van der Waals surface area (Å²) >= 11 is 0. The van der Waals surface area contributed by atoms with E-state index >= 15 is 0 Å². The number of aromatic amines is 1. The number of aromatic nitrogens is 2. The van der Waals surface area contributed by atoms with Gasteiger partial charge in [0.15, 0.2) is 0 Å². The van der Waals surface area contributed by atoms with E-state index in [-0.39, 0.29) is 30.6 Å². The number of urea groups is 1. The highest BCUT2D eigenvalue weighted by molar-refractivity contribution is 5.87. The Labute approximate surface area is 165 Å². The molecule has 0 fully saturated rings. The number of hydrogen-bond donors (Lipinski definition) is 4. The van der Waals surface area contributed by atoms with Crippen molar-refractivity contribution in [2.45, 2.75) is 47.5 Å². The zero-order chi connectivity index (χ0) is 21.5. The van der Waals surface area contributed by atoms with Gasteiger partial charge in [-0.3, -0.25) is 19.9 Å². The van der Waals surface area contributed by atoms with Gasteiger partial charge in [-0.1, -0.05) is 34.3 Å². The lowest BCUT2D eigenvalue weighted by Gasteiger charge is -2.35. The molecular formula is C19H31N5O4. The maximum Gasteiger partial charge on any atom is 0.321 e. The molecule has 0 aliphatic carbocycles. The number of anilines is 1. The number of ether oxygens (including phenoxy) is 1. The van der Waals surface area contributed by atoms with Crippen LogP contribution in [0.1, 0.15) is 46.2 Å². The zero-order valence-corrected chi connectivity index (χ0v) is 17.3. The number of primary amides is 1. The smallest absolute Gasteiger partial charge is 0.321 e. The third-order valence-electron chi connectivity index (χ3n) is 4.73. The number of nitrogens with zero attached hydrogens (tertiary/aromatic N) is 1. The summed E-state index contributed by atoms with van der Waals surface area (Å²) in [5.41, 5.74) is 4.57. The van der Waals surface area contributed by atoms with Crippen LogP contribution >= 0.6 is 0 Å². The number of nitrogens with one attached hydrogen (secondary N) is 3. The van der Waals surface area contributed by atoms with Crippen molar-refractivity contribution in [3.8, 4) is 0 Å². The van der Waals surface area contributed by atoms with Gasteiger partial charge in [0.2, 0.25) is 11.9 Å². The molecule has 1 heterocycles. The van der Waals surface area contributed by atoms with E-state index < -0.39 is 16.9 Å². The Morgan fingerprint density at radius 1 is 1.36 bits per heavy atom. The Balaban J connectivity index is 2.47. The van der Waals surface area contributed by atoms with Crippen molar-refractivity contribution >= 4 is 17.9 Å². The van der Waals surface area contributed by atoms with Gasteiger partial charge in [0.1, 0.15) is 6.61 Å². The van der Waals surface area contributed by atoms with Gasteiger partial charge in [0.25, 0.3) is 5.56 Å². The van der Waals surface area contributed by atoms with Crippen LogP contribution in [0.4, 0.5) is 10.7 Å². The normalized spacial score (nSPS) is 13.3. The molecular weight excluding hydrogens is 362 g/mol. The molecule has 1 rings (SSSR count). The Morgan fingerprint density at radius 3 is 2.54 bits per heavy atom. The van der Waals surface area contributed by atoms with Gasteiger partial charge in [-0.2, -0.15) is 0 Å². The van der Waals surface area contributed by atoms with E-state index in [2.05, 4.69) is 27.2 Å². The van der Waals surface area contributed by atoms with E-state index in [0.717, 1.165) is 0 Å². The third kappa shape index (κ3) is 6.71. The molecule has 9 nitrogen and oxygen atoms in total. The average Bonchev–Trinajstić information content (AvgIpc) is 2.56. The molecule has 1 atom stereocenters. The fourth-order valence-electron chi connectivity index (χ4n) is 2.78. The molecule has 0 aliphatic heterocycles. The van der Waals surface area contributed by atoms with E-state index in [1.54, 1.807) is 6.92 Å². The van der Waals surface area contributed by atoms with Gasteiger partial charge in [0.05, 0.1) is 12.3 Å². The highest BCUT2D eigenvalue weighted by Gasteiger charge is 2.38. The van der Waals surface area contributed by atoms with Crippen LogP contribution in [0.5, 0.6) is 0 Å². The first-order valence-electron chi connectivity index (χ1n) is 9.14. The predicted molar refractivity (Wildman–Crippen MR) is 108 cm³/mol. The van der Waals surface area contributed by atoms with E-state index in [1.807, 2.05) is 27.7 Å². The van der Waals surface area contributed by atoms with Gasteiger partial charge in [0, 0.05) is 22.6 Å². The summed E-state index contributed by atoms with van der Waals surface area (Å²) in [7, 11) is 0. The van der Waals surface area contributed by atoms with Crippen LogP contribution in [0, 0.1) is 17.8 Å². The van der Waals surface area contributed by atoms with E-state index in [9.17, 15) is 14.4 Å². The van der Waals surface area contributed by atoms with Crippen LogP contribution in [0.25, 0.3) is 0 Å². The Kier molecular flexibility index (Phi) is 7.78. The second kappa shape index (κ2) is 9.38. The zero-order valence-electron chi connectivity index (χ0n) is 17.3. The van der Waals surface area contributed by atoms with Crippen LogP contribution in [-0.2, 0) is 9.53 Å². The minimum atomic E-state index is -0.647. The summed E-state index contributed by atoms with van der Waals surface area (Å²) in [4.78, 5) is 41.4. The van der Waals surface area contributed by atoms with Gasteiger partial charge in [-0.05, 0) is 19.8 Å². The summed E-state index contributed by atoms with van der Waals surface area (Å²) in [6.07, 6.45) is 1.13. The number of allylic oxidation sites excluding steroid dienone is 1. The van der Waals surface area contributed by atoms with Crippen molar-refractivity contribution in [1.82, 2.24) is 15.3 Å². The monoisotopic (exact) mass is 393 g/mol. The van der Waals surface area contributed by atoms with Crippen molar-refractivity contribution in [1.29, 1.82) is 0 Å². The van der Waals surface area contributed by atoms with Gasteiger partial charge in [-0.15, -0.1) is 0 Å². The maximum atomic E-state index is 11.9. The first-order chi connectivity index (χ1) is 12.9. The molecule has 0 aromatic carbocycles. The number of carbonyl (C=O) groups is 2. The Morgan fingerprint density at radius 2 is 2.00 bits per heavy atom. The number of hydrogen-bond acceptors (Lipinski definition) is 5. The molecule has 1 unspecified atom stereocenters. The second-order valence-corrected chi connectivity index (χ2v) is 7.73. The van der Waals surface area contributed by atoms with Crippen molar-refractivity contribution in [2.24, 2.45) is 16.6 Å². The van der Waals surface area contributed by atoms with Crippen LogP contribution in [0.15, 0.2) is 23.2 Å². The van der Waals surface area contributed by atoms with E-state index in [1.165, 1.54) is 6.07 Å². The average molecular weight is 393 g/mol. The van der Waals surface area contributed by atoms with Crippen molar-refractivity contribution in [2.75, 3.05) is 18.5 Å². The van der Waals surface area contributed by atoms with Crippen LogP contribution in [-0.4, -0.2) is 35.1 Å². The molecule has 1 aromatic rings. The number of rotatable bonds is 10. The molecule has 0 bridgehead atoms. The standard InChI is InChI=1S/C19H31N5O4/c1-7-19(6,15(20)26)11-18(4,5)13(3)28-9-8-21-17(27)24-16-22-12(2)10-14(25)23-16/h10H,3,7-9,11H2,1-2,4-6H3,(H2,20,26)(H3,21,22,23,24,25,27). The second-order valence-electron chi connectivity index (χ2n) is 7.73. The summed E-state index contributed by atoms with van der Waals surface area (Å²) < 4.78 is 5.65. The number of amides is 3. The van der Waals surface area contributed by atoms with Crippen molar-refractivity contribution in [3.05, 3.63) is 34.5 Å². The first kappa shape index (κ1) is 23.2. The van der Waals surface area contributed by atoms with Gasteiger partial charge >= 0.3 is 6.03 Å². The molecule has 0 aliphatic rings. The highest BCUT2D eigenvalue weighted by atomic mass is 16.5. The molecule has 0 radical (unpaired) electrons. The maximum absolute atomic E-state index is 11.9. The lowest BCUT2D eigenvalue weighted by molar-refractivity contribution is -0.128. The summed E-state index contributed by atoms with van der Waals surface area (Å²) in [6.45, 7) is 13.7. The highest BCUT2D eigenvalue weighted by Crippen LogP contribution is 2.40. The molecule has 0 spiro atoms. The fraction of sp³-hybridized carbons (Fsp3) is 0.579. The molecule has 3 amide bonds. The fourth-order valence-corrected chi connectivity index (χ4v) is 2.78. The quantitative estimate of drug-likeness (QED) is 0.356. The topological polar surface area (TPSA) is 139 Å². The Bertz CT molecular complexity index is 787. The third-order valence-corrected chi connectivity index (χ3v) is 4.73. The Hall–Kier alpha value is -2.84. The number of carbonyl (C=O) groups excluding carboxylic acids is 2. The lowest BCUT2D eigenvalue weighted by Crippen LogP contribution is -2.39. The molecule has 1 aromatic heterocycles. The summed E-state index contributed by atoms with van der Waals surface area (Å²) in [5, 5.41) is 5.05. The van der Waals surface area contributed by atoms with E-state index in [0.29, 0.717) is 24.3 Å². The molecule has 0 saturated carbocycles. The van der Waals surface area contributed by atoms with Gasteiger partial charge in [-0.25, -0.2) is 9.78 Å². The molecule has 156 valence electrons. The van der Waals surface area contributed by atoms with Gasteiger partial charge < -0.3 is 15.8 Å². The molecule has 0 saturated heterocycles. The molecule has 5 N–H and O–H groups in total.